The van der Waals surface area contributed by atoms with Crippen LogP contribution in [0.15, 0.2) is 23.4 Å². The van der Waals surface area contributed by atoms with Gasteiger partial charge in [-0.25, -0.2) is 4.98 Å². The van der Waals surface area contributed by atoms with Crippen molar-refractivity contribution in [3.8, 4) is 6.07 Å². The monoisotopic (exact) mass is 289 g/mol. The van der Waals surface area contributed by atoms with Crippen LogP contribution in [0.4, 0.5) is 0 Å². The molecule has 1 aromatic carbocycles. The summed E-state index contributed by atoms with van der Waals surface area (Å²) in [5.41, 5.74) is 1.73. The van der Waals surface area contributed by atoms with Crippen LogP contribution in [-0.4, -0.2) is 26.4 Å². The fourth-order valence-electron chi connectivity index (χ4n) is 2.04. The largest absolute Gasteiger partial charge is 0.481 e. The second kappa shape index (κ2) is 5.17. The topological polar surface area (TPSA) is 78.9 Å². The van der Waals surface area contributed by atoms with E-state index in [-0.39, 0.29) is 11.3 Å². The highest BCUT2D eigenvalue weighted by Crippen LogP contribution is 2.31. The Kier molecular flexibility index (Phi) is 3.73. The highest BCUT2D eigenvalue weighted by atomic mass is 32.2. The van der Waals surface area contributed by atoms with Crippen LogP contribution < -0.4 is 0 Å². The van der Waals surface area contributed by atoms with E-state index in [1.54, 1.807) is 6.07 Å². The molecule has 0 aliphatic rings. The van der Waals surface area contributed by atoms with E-state index in [4.69, 9.17) is 10.4 Å². The number of carboxylic acids is 1. The summed E-state index contributed by atoms with van der Waals surface area (Å²) in [5, 5.41) is 18.6. The highest BCUT2D eigenvalue weighted by Gasteiger charge is 2.23. The van der Waals surface area contributed by atoms with Gasteiger partial charge in [-0.15, -0.1) is 0 Å². The summed E-state index contributed by atoms with van der Waals surface area (Å²) >= 11 is 1.17. The molecule has 5 nitrogen and oxygen atoms in total. The lowest BCUT2D eigenvalue weighted by Crippen LogP contribution is -2.22. The zero-order chi connectivity index (χ0) is 14.9. The van der Waals surface area contributed by atoms with Gasteiger partial charge in [0.25, 0.3) is 0 Å². The van der Waals surface area contributed by atoms with Gasteiger partial charge >= 0.3 is 5.97 Å². The summed E-state index contributed by atoms with van der Waals surface area (Å²) in [4.78, 5) is 15.2. The Balaban J connectivity index is 2.67. The van der Waals surface area contributed by atoms with Crippen molar-refractivity contribution in [1.82, 2.24) is 9.55 Å². The van der Waals surface area contributed by atoms with E-state index in [9.17, 15) is 4.79 Å². The molecule has 6 heteroatoms. The maximum atomic E-state index is 10.8. The number of aromatic nitrogens is 2. The second-order valence-corrected chi connectivity index (χ2v) is 6.31. The van der Waals surface area contributed by atoms with Crippen LogP contribution >= 0.6 is 11.8 Å². The van der Waals surface area contributed by atoms with E-state index in [0.29, 0.717) is 16.2 Å². The van der Waals surface area contributed by atoms with Crippen molar-refractivity contribution in [2.45, 2.75) is 31.5 Å². The van der Waals surface area contributed by atoms with Crippen LogP contribution in [0.25, 0.3) is 11.0 Å². The molecule has 0 radical (unpaired) electrons. The van der Waals surface area contributed by atoms with Gasteiger partial charge < -0.3 is 9.67 Å². The highest BCUT2D eigenvalue weighted by molar-refractivity contribution is 7.99. The fourth-order valence-corrected chi connectivity index (χ4v) is 2.95. The number of carboxylic acid groups (broad SMARTS) is 1. The molecule has 0 amide bonds. The minimum atomic E-state index is -0.886. The Labute approximate surface area is 121 Å². The first-order chi connectivity index (χ1) is 9.34. The number of imidazole rings is 1. The lowest BCUT2D eigenvalue weighted by Gasteiger charge is -2.24. The fraction of sp³-hybridized carbons (Fsp3) is 0.357. The van der Waals surface area contributed by atoms with E-state index >= 15 is 0 Å². The van der Waals surface area contributed by atoms with Crippen LogP contribution in [0.2, 0.25) is 0 Å². The zero-order valence-corrected chi connectivity index (χ0v) is 12.4. The molecule has 1 aromatic heterocycles. The number of thioether (sulfide) groups is 1. The SMILES string of the molecule is CC(C)(C)n1c(SCC(=O)O)nc2c(C#N)cccc21. The summed E-state index contributed by atoms with van der Waals surface area (Å²) in [7, 11) is 0. The van der Waals surface area contributed by atoms with Gasteiger partial charge in [0.2, 0.25) is 0 Å². The van der Waals surface area contributed by atoms with E-state index in [0.717, 1.165) is 5.52 Å². The van der Waals surface area contributed by atoms with Crippen molar-refractivity contribution in [2.24, 2.45) is 0 Å². The minimum absolute atomic E-state index is 0.0543. The summed E-state index contributed by atoms with van der Waals surface area (Å²) < 4.78 is 1.98. The maximum absolute atomic E-state index is 10.8. The van der Waals surface area contributed by atoms with Gasteiger partial charge in [0.15, 0.2) is 5.16 Å². The lowest BCUT2D eigenvalue weighted by molar-refractivity contribution is -0.133. The molecule has 1 heterocycles. The molecule has 0 unspecified atom stereocenters. The molecule has 20 heavy (non-hydrogen) atoms. The number of hydrogen-bond acceptors (Lipinski definition) is 4. The van der Waals surface area contributed by atoms with Gasteiger partial charge in [0.1, 0.15) is 11.6 Å². The minimum Gasteiger partial charge on any atom is -0.481 e. The van der Waals surface area contributed by atoms with E-state index in [1.165, 1.54) is 11.8 Å². The molecule has 1 N–H and O–H groups in total. The Morgan fingerprint density at radius 3 is 2.75 bits per heavy atom. The maximum Gasteiger partial charge on any atom is 0.313 e. The standard InChI is InChI=1S/C14H15N3O2S/c1-14(2,3)17-10-6-4-5-9(7-15)12(10)16-13(17)20-8-11(18)19/h4-6H,8H2,1-3H3,(H,18,19). The van der Waals surface area contributed by atoms with Gasteiger partial charge in [0.05, 0.1) is 16.8 Å². The molecule has 0 fully saturated rings. The number of para-hydroxylation sites is 1. The lowest BCUT2D eigenvalue weighted by atomic mass is 10.1. The van der Waals surface area contributed by atoms with Crippen LogP contribution in [0, 0.1) is 11.3 Å². The first-order valence-corrected chi connectivity index (χ1v) is 7.10. The number of rotatable bonds is 3. The number of hydrogen-bond donors (Lipinski definition) is 1. The predicted molar refractivity (Wildman–Crippen MR) is 77.8 cm³/mol. The second-order valence-electron chi connectivity index (χ2n) is 5.37. The molecule has 104 valence electrons. The number of aliphatic carboxylic acids is 1. The third-order valence-corrected chi connectivity index (χ3v) is 3.69. The number of fused-ring (bicyclic) bond motifs is 1. The smallest absolute Gasteiger partial charge is 0.313 e. The Morgan fingerprint density at radius 1 is 1.50 bits per heavy atom. The Morgan fingerprint density at radius 2 is 2.20 bits per heavy atom. The predicted octanol–water partition coefficient (Wildman–Crippen LogP) is 2.84. The molecule has 0 spiro atoms. The molecule has 0 saturated carbocycles. The average Bonchev–Trinajstić information content (AvgIpc) is 2.74. The number of carbonyl (C=O) groups is 1. The van der Waals surface area contributed by atoms with Crippen molar-refractivity contribution in [1.29, 1.82) is 5.26 Å². The van der Waals surface area contributed by atoms with Gasteiger partial charge in [-0.2, -0.15) is 5.26 Å². The van der Waals surface area contributed by atoms with Crippen molar-refractivity contribution >= 4 is 28.8 Å². The molecule has 0 atom stereocenters. The number of benzene rings is 1. The quantitative estimate of drug-likeness (QED) is 0.879. The van der Waals surface area contributed by atoms with E-state index < -0.39 is 5.97 Å². The molecule has 0 bridgehead atoms. The van der Waals surface area contributed by atoms with Crippen molar-refractivity contribution in [3.05, 3.63) is 23.8 Å². The van der Waals surface area contributed by atoms with Gasteiger partial charge in [0, 0.05) is 5.54 Å². The summed E-state index contributed by atoms with van der Waals surface area (Å²) in [5.74, 6) is -0.940. The third kappa shape index (κ3) is 2.63. The molecular formula is C14H15N3O2S. The third-order valence-electron chi connectivity index (χ3n) is 2.77. The molecule has 2 aromatic rings. The molecule has 0 aliphatic carbocycles. The van der Waals surface area contributed by atoms with E-state index in [1.807, 2.05) is 37.5 Å². The molecule has 0 aliphatic heterocycles. The Hall–Kier alpha value is -2.00. The first kappa shape index (κ1) is 14.4. The van der Waals surface area contributed by atoms with Crippen LogP contribution in [0.3, 0.4) is 0 Å². The summed E-state index contributed by atoms with van der Waals surface area (Å²) in [6, 6.07) is 7.56. The van der Waals surface area contributed by atoms with Gasteiger partial charge in [-0.1, -0.05) is 17.8 Å². The Bertz CT molecular complexity index is 708. The molecule has 2 rings (SSSR count). The molecule has 0 saturated heterocycles. The first-order valence-electron chi connectivity index (χ1n) is 6.11. The van der Waals surface area contributed by atoms with Crippen molar-refractivity contribution in [3.63, 3.8) is 0 Å². The average molecular weight is 289 g/mol. The van der Waals surface area contributed by atoms with Crippen molar-refractivity contribution < 1.29 is 9.90 Å². The normalized spacial score (nSPS) is 11.5. The van der Waals surface area contributed by atoms with Crippen LogP contribution in [-0.2, 0) is 10.3 Å². The summed E-state index contributed by atoms with van der Waals surface area (Å²) in [6.45, 7) is 6.08. The number of nitriles is 1. The van der Waals surface area contributed by atoms with Crippen molar-refractivity contribution in [2.75, 3.05) is 5.75 Å². The van der Waals surface area contributed by atoms with Crippen LogP contribution in [0.1, 0.15) is 26.3 Å². The van der Waals surface area contributed by atoms with Gasteiger partial charge in [-0.3, -0.25) is 4.79 Å². The number of nitrogens with zero attached hydrogens (tertiary/aromatic N) is 3. The van der Waals surface area contributed by atoms with E-state index in [2.05, 4.69) is 11.1 Å². The van der Waals surface area contributed by atoms with Gasteiger partial charge in [-0.05, 0) is 32.9 Å². The summed E-state index contributed by atoms with van der Waals surface area (Å²) in [6.07, 6.45) is 0. The molecular weight excluding hydrogens is 274 g/mol. The zero-order valence-electron chi connectivity index (χ0n) is 11.5. The van der Waals surface area contributed by atoms with Crippen LogP contribution in [0.5, 0.6) is 0 Å².